The minimum Gasteiger partial charge on any atom is -0.416 e. The maximum Gasteiger partial charge on any atom is 0.248 e. The Labute approximate surface area is 161 Å². The van der Waals surface area contributed by atoms with E-state index in [1.54, 1.807) is 42.7 Å². The number of benzene rings is 2. The molecule has 0 aliphatic heterocycles. The monoisotopic (exact) mass is 392 g/mol. The van der Waals surface area contributed by atoms with Crippen molar-refractivity contribution in [2.24, 2.45) is 5.14 Å². The topological polar surface area (TPSA) is 112 Å². The van der Waals surface area contributed by atoms with Crippen LogP contribution in [0.15, 0.2) is 82.4 Å². The van der Waals surface area contributed by atoms with Crippen molar-refractivity contribution in [3.63, 3.8) is 0 Å². The van der Waals surface area contributed by atoms with Gasteiger partial charge in [-0.3, -0.25) is 4.98 Å². The van der Waals surface area contributed by atoms with Crippen LogP contribution in [0.2, 0.25) is 0 Å². The number of nitrogens with two attached hydrogens (primary N) is 1. The zero-order chi connectivity index (χ0) is 19.6. The maximum atomic E-state index is 11.7. The summed E-state index contributed by atoms with van der Waals surface area (Å²) >= 11 is 0. The number of aromatic nitrogens is 3. The van der Waals surface area contributed by atoms with Crippen LogP contribution in [0.25, 0.3) is 22.9 Å². The molecule has 0 fully saturated rings. The van der Waals surface area contributed by atoms with Gasteiger partial charge in [-0.2, -0.15) is 0 Å². The molecule has 0 bridgehead atoms. The Morgan fingerprint density at radius 3 is 2.07 bits per heavy atom. The second-order valence-corrected chi connectivity index (χ2v) is 7.70. The highest BCUT2D eigenvalue weighted by Gasteiger charge is 2.14. The molecule has 2 aromatic carbocycles. The quantitative estimate of drug-likeness (QED) is 0.559. The summed E-state index contributed by atoms with van der Waals surface area (Å²) in [5, 5.41) is 13.5. The van der Waals surface area contributed by atoms with E-state index in [9.17, 15) is 8.42 Å². The number of hydrogen-bond acceptors (Lipinski definition) is 6. The lowest BCUT2D eigenvalue weighted by molar-refractivity contribution is 0.584. The van der Waals surface area contributed by atoms with Crippen molar-refractivity contribution in [1.29, 1.82) is 0 Å². The van der Waals surface area contributed by atoms with Gasteiger partial charge in [-0.25, -0.2) is 13.6 Å². The maximum absolute atomic E-state index is 11.7. The van der Waals surface area contributed by atoms with Crippen LogP contribution < -0.4 is 5.14 Å². The SMILES string of the molecule is NS(=O)(=O)c1ccccc1Cc1ccc(-c2nnc(-c3ccncc3)o2)cc1. The van der Waals surface area contributed by atoms with E-state index in [0.29, 0.717) is 23.8 Å². The molecule has 0 aliphatic carbocycles. The molecule has 0 aliphatic rings. The van der Waals surface area contributed by atoms with E-state index in [0.717, 1.165) is 16.7 Å². The molecule has 0 radical (unpaired) electrons. The third-order valence-electron chi connectivity index (χ3n) is 4.23. The highest BCUT2D eigenvalue weighted by Crippen LogP contribution is 2.25. The third kappa shape index (κ3) is 3.83. The molecule has 0 atom stereocenters. The van der Waals surface area contributed by atoms with E-state index >= 15 is 0 Å². The van der Waals surface area contributed by atoms with Gasteiger partial charge in [0, 0.05) is 23.5 Å². The van der Waals surface area contributed by atoms with Crippen molar-refractivity contribution >= 4 is 10.0 Å². The molecule has 4 aromatic rings. The van der Waals surface area contributed by atoms with E-state index in [1.807, 2.05) is 24.3 Å². The van der Waals surface area contributed by atoms with Crippen molar-refractivity contribution in [2.75, 3.05) is 0 Å². The van der Waals surface area contributed by atoms with Crippen molar-refractivity contribution in [2.45, 2.75) is 11.3 Å². The zero-order valence-electron chi connectivity index (χ0n) is 14.7. The summed E-state index contributed by atoms with van der Waals surface area (Å²) in [6.45, 7) is 0. The van der Waals surface area contributed by atoms with Crippen LogP contribution in [-0.2, 0) is 16.4 Å². The first-order valence-corrected chi connectivity index (χ1v) is 9.99. The van der Waals surface area contributed by atoms with Gasteiger partial charge in [0.2, 0.25) is 21.8 Å². The van der Waals surface area contributed by atoms with E-state index < -0.39 is 10.0 Å². The average molecular weight is 392 g/mol. The highest BCUT2D eigenvalue weighted by atomic mass is 32.2. The summed E-state index contributed by atoms with van der Waals surface area (Å²) in [7, 11) is -3.77. The molecular weight excluding hydrogens is 376 g/mol. The average Bonchev–Trinajstić information content (AvgIpc) is 3.19. The Kier molecular flexibility index (Phi) is 4.72. The Morgan fingerprint density at radius 1 is 0.821 bits per heavy atom. The van der Waals surface area contributed by atoms with Gasteiger partial charge < -0.3 is 4.42 Å². The molecule has 7 nitrogen and oxygen atoms in total. The first-order chi connectivity index (χ1) is 13.5. The Balaban J connectivity index is 1.57. The number of rotatable bonds is 5. The molecule has 0 spiro atoms. The number of hydrogen-bond donors (Lipinski definition) is 1. The molecule has 0 saturated carbocycles. The van der Waals surface area contributed by atoms with Gasteiger partial charge in [0.05, 0.1) is 4.90 Å². The summed E-state index contributed by atoms with van der Waals surface area (Å²) in [5.74, 6) is 0.826. The largest absolute Gasteiger partial charge is 0.416 e. The van der Waals surface area contributed by atoms with Gasteiger partial charge in [0.25, 0.3) is 0 Å². The smallest absolute Gasteiger partial charge is 0.248 e. The summed E-state index contributed by atoms with van der Waals surface area (Å²) in [4.78, 5) is 4.10. The van der Waals surface area contributed by atoms with Crippen LogP contribution in [0.4, 0.5) is 0 Å². The molecule has 28 heavy (non-hydrogen) atoms. The molecule has 2 aromatic heterocycles. The van der Waals surface area contributed by atoms with Crippen molar-refractivity contribution < 1.29 is 12.8 Å². The molecule has 0 amide bonds. The van der Waals surface area contributed by atoms with E-state index in [2.05, 4.69) is 15.2 Å². The molecule has 140 valence electrons. The normalized spacial score (nSPS) is 11.5. The Bertz CT molecular complexity index is 1200. The molecule has 0 saturated heterocycles. The summed E-state index contributed by atoms with van der Waals surface area (Å²) in [6.07, 6.45) is 3.76. The van der Waals surface area contributed by atoms with Crippen LogP contribution in [0.3, 0.4) is 0 Å². The fourth-order valence-corrected chi connectivity index (χ4v) is 3.64. The second kappa shape index (κ2) is 7.34. The Hall–Kier alpha value is -3.36. The third-order valence-corrected chi connectivity index (χ3v) is 5.24. The van der Waals surface area contributed by atoms with Crippen LogP contribution in [0.5, 0.6) is 0 Å². The molecule has 2 N–H and O–H groups in total. The standard InChI is InChI=1S/C20H16N4O3S/c21-28(25,26)18-4-2-1-3-17(18)13-14-5-7-15(8-6-14)19-23-24-20(27-19)16-9-11-22-12-10-16/h1-12H,13H2,(H2,21,25,26). The molecule has 4 rings (SSSR count). The minimum atomic E-state index is -3.77. The molecule has 2 heterocycles. The lowest BCUT2D eigenvalue weighted by Crippen LogP contribution is -2.14. The van der Waals surface area contributed by atoms with Gasteiger partial charge in [-0.1, -0.05) is 30.3 Å². The van der Waals surface area contributed by atoms with Gasteiger partial charge in [0.15, 0.2) is 0 Å². The van der Waals surface area contributed by atoms with E-state index in [1.165, 1.54) is 6.07 Å². The van der Waals surface area contributed by atoms with Crippen molar-refractivity contribution in [3.05, 3.63) is 84.2 Å². The zero-order valence-corrected chi connectivity index (χ0v) is 15.5. The first-order valence-electron chi connectivity index (χ1n) is 8.44. The molecule has 0 unspecified atom stereocenters. The van der Waals surface area contributed by atoms with Crippen LogP contribution in [0, 0.1) is 0 Å². The number of nitrogens with zero attached hydrogens (tertiary/aromatic N) is 3. The van der Waals surface area contributed by atoms with Gasteiger partial charge in [-0.05, 0) is 47.9 Å². The Morgan fingerprint density at radius 2 is 1.43 bits per heavy atom. The van der Waals surface area contributed by atoms with Gasteiger partial charge >= 0.3 is 0 Å². The van der Waals surface area contributed by atoms with Gasteiger partial charge in [0.1, 0.15) is 0 Å². The number of pyridine rings is 1. The van der Waals surface area contributed by atoms with Crippen molar-refractivity contribution in [1.82, 2.24) is 15.2 Å². The van der Waals surface area contributed by atoms with Crippen LogP contribution >= 0.6 is 0 Å². The fraction of sp³-hybridized carbons (Fsp3) is 0.0500. The van der Waals surface area contributed by atoms with E-state index in [-0.39, 0.29) is 4.90 Å². The summed E-state index contributed by atoms with van der Waals surface area (Å²) in [5.41, 5.74) is 3.16. The molecular formula is C20H16N4O3S. The molecule has 8 heteroatoms. The van der Waals surface area contributed by atoms with Crippen LogP contribution in [-0.4, -0.2) is 23.6 Å². The predicted octanol–water partition coefficient (Wildman–Crippen LogP) is 3.04. The second-order valence-electron chi connectivity index (χ2n) is 6.17. The first kappa shape index (κ1) is 18.0. The van der Waals surface area contributed by atoms with E-state index in [4.69, 9.17) is 9.56 Å². The summed E-state index contributed by atoms with van der Waals surface area (Å²) in [6, 6.07) is 17.8. The number of primary sulfonamides is 1. The summed E-state index contributed by atoms with van der Waals surface area (Å²) < 4.78 is 29.2. The van der Waals surface area contributed by atoms with Gasteiger partial charge in [-0.15, -0.1) is 10.2 Å². The van der Waals surface area contributed by atoms with Crippen LogP contribution in [0.1, 0.15) is 11.1 Å². The minimum absolute atomic E-state index is 0.137. The highest BCUT2D eigenvalue weighted by molar-refractivity contribution is 7.89. The number of sulfonamides is 1. The lowest BCUT2D eigenvalue weighted by atomic mass is 10.0. The van der Waals surface area contributed by atoms with Crippen molar-refractivity contribution in [3.8, 4) is 22.9 Å². The predicted molar refractivity (Wildman–Crippen MR) is 104 cm³/mol. The fourth-order valence-electron chi connectivity index (χ4n) is 2.86. The lowest BCUT2D eigenvalue weighted by Gasteiger charge is -2.08.